The molecule has 0 unspecified atom stereocenters. The first kappa shape index (κ1) is 17.6. The van der Waals surface area contributed by atoms with Crippen LogP contribution >= 0.6 is 22.7 Å². The number of hydrogen-bond acceptors (Lipinski definition) is 5. The van der Waals surface area contributed by atoms with Gasteiger partial charge in [-0.15, -0.1) is 22.7 Å². The first-order valence-electron chi connectivity index (χ1n) is 8.66. The van der Waals surface area contributed by atoms with E-state index in [1.54, 1.807) is 35.1 Å². The number of aromatic nitrogens is 2. The maximum absolute atomic E-state index is 4.74. The van der Waals surface area contributed by atoms with Crippen LogP contribution in [0.4, 0.5) is 5.69 Å². The molecule has 3 heterocycles. The predicted octanol–water partition coefficient (Wildman–Crippen LogP) is 5.35. The van der Waals surface area contributed by atoms with Gasteiger partial charge in [0, 0.05) is 11.6 Å². The highest BCUT2D eigenvalue weighted by molar-refractivity contribution is 7.14. The van der Waals surface area contributed by atoms with Gasteiger partial charge in [-0.3, -0.25) is 4.98 Å². The molecule has 134 valence electrons. The van der Waals surface area contributed by atoms with E-state index < -0.39 is 0 Å². The van der Waals surface area contributed by atoms with Crippen LogP contribution in [0.25, 0.3) is 10.6 Å². The second kappa shape index (κ2) is 8.24. The monoisotopic (exact) mass is 390 g/mol. The molecule has 4 rings (SSSR count). The van der Waals surface area contributed by atoms with Gasteiger partial charge in [0.25, 0.3) is 0 Å². The van der Waals surface area contributed by atoms with Crippen molar-refractivity contribution in [2.24, 2.45) is 10.1 Å². The maximum atomic E-state index is 4.74. The molecule has 4 nitrogen and oxygen atoms in total. The summed E-state index contributed by atoms with van der Waals surface area (Å²) in [5.74, 6) is 0. The number of benzene rings is 1. The lowest BCUT2D eigenvalue weighted by Crippen LogP contribution is -2.11. The fourth-order valence-electron chi connectivity index (χ4n) is 2.58. The van der Waals surface area contributed by atoms with Crippen molar-refractivity contribution in [1.82, 2.24) is 9.66 Å². The summed E-state index contributed by atoms with van der Waals surface area (Å²) in [5.41, 5.74) is 4.24. The molecular weight excluding hydrogens is 372 g/mol. The van der Waals surface area contributed by atoms with Crippen molar-refractivity contribution in [3.63, 3.8) is 0 Å². The molecule has 0 bridgehead atoms. The van der Waals surface area contributed by atoms with Gasteiger partial charge >= 0.3 is 0 Å². The van der Waals surface area contributed by atoms with Crippen LogP contribution in [0.3, 0.4) is 0 Å². The van der Waals surface area contributed by atoms with Gasteiger partial charge < -0.3 is 0 Å². The normalized spacial score (nSPS) is 12.1. The molecule has 0 spiro atoms. The predicted molar refractivity (Wildman–Crippen MR) is 114 cm³/mol. The molecule has 0 aliphatic heterocycles. The van der Waals surface area contributed by atoms with Gasteiger partial charge in [0.2, 0.25) is 4.80 Å². The number of rotatable bonds is 5. The molecule has 1 aromatic carbocycles. The summed E-state index contributed by atoms with van der Waals surface area (Å²) < 4.78 is 1.90. The van der Waals surface area contributed by atoms with Gasteiger partial charge in [0.15, 0.2) is 0 Å². The smallest absolute Gasteiger partial charge is 0.211 e. The van der Waals surface area contributed by atoms with E-state index in [2.05, 4.69) is 53.0 Å². The van der Waals surface area contributed by atoms with Crippen molar-refractivity contribution in [3.05, 3.63) is 87.6 Å². The Morgan fingerprint density at radius 1 is 1.07 bits per heavy atom. The third-order valence-corrected chi connectivity index (χ3v) is 5.75. The topological polar surface area (TPSA) is 42.5 Å². The number of hydrogen-bond donors (Lipinski definition) is 0. The van der Waals surface area contributed by atoms with Crippen LogP contribution in [-0.4, -0.2) is 15.9 Å². The average molecular weight is 391 g/mol. The van der Waals surface area contributed by atoms with Crippen LogP contribution in [0, 0.1) is 0 Å². The van der Waals surface area contributed by atoms with Crippen LogP contribution in [0.15, 0.2) is 81.8 Å². The van der Waals surface area contributed by atoms with E-state index in [0.29, 0.717) is 0 Å². The Morgan fingerprint density at radius 3 is 2.67 bits per heavy atom. The van der Waals surface area contributed by atoms with Crippen LogP contribution in [0.2, 0.25) is 0 Å². The first-order chi connectivity index (χ1) is 13.3. The lowest BCUT2D eigenvalue weighted by molar-refractivity contribution is 0.856. The summed E-state index contributed by atoms with van der Waals surface area (Å²) in [6.07, 6.45) is 6.41. The van der Waals surface area contributed by atoms with Crippen molar-refractivity contribution in [2.45, 2.75) is 13.3 Å². The summed E-state index contributed by atoms with van der Waals surface area (Å²) in [6, 6.07) is 16.4. The zero-order valence-electron chi connectivity index (χ0n) is 14.8. The number of nitrogens with zero attached hydrogens (tertiary/aromatic N) is 4. The zero-order chi connectivity index (χ0) is 18.5. The second-order valence-corrected chi connectivity index (χ2v) is 7.64. The summed E-state index contributed by atoms with van der Waals surface area (Å²) in [4.78, 5) is 10.8. The summed E-state index contributed by atoms with van der Waals surface area (Å²) in [7, 11) is 0. The van der Waals surface area contributed by atoms with Crippen LogP contribution in [-0.2, 0) is 6.42 Å². The molecule has 0 amide bonds. The molecule has 0 saturated heterocycles. The standard InChI is InChI=1S/C21H18N4S2/c1-2-16-7-9-17(10-8-16)13-23-25-19(20-6-4-12-26-20)15-27-21(25)24-18-5-3-11-22-14-18/h3-15H,2H2,1H3. The number of pyridine rings is 1. The lowest BCUT2D eigenvalue weighted by Gasteiger charge is -2.02. The van der Waals surface area contributed by atoms with Gasteiger partial charge in [-0.1, -0.05) is 37.3 Å². The van der Waals surface area contributed by atoms with Crippen LogP contribution < -0.4 is 4.80 Å². The maximum Gasteiger partial charge on any atom is 0.211 e. The SMILES string of the molecule is CCc1ccc(C=Nn2c(-c3cccs3)csc2=Nc2cccnc2)cc1. The van der Waals surface area contributed by atoms with E-state index >= 15 is 0 Å². The average Bonchev–Trinajstić information content (AvgIpc) is 3.37. The highest BCUT2D eigenvalue weighted by Crippen LogP contribution is 2.25. The fraction of sp³-hybridized carbons (Fsp3) is 0.0952. The summed E-state index contributed by atoms with van der Waals surface area (Å²) in [5, 5.41) is 8.91. The molecule has 3 aromatic heterocycles. The van der Waals surface area contributed by atoms with Crippen LogP contribution in [0.1, 0.15) is 18.1 Å². The first-order valence-corrected chi connectivity index (χ1v) is 10.4. The molecular formula is C21H18N4S2. The molecule has 0 fully saturated rings. The van der Waals surface area contributed by atoms with E-state index in [1.807, 2.05) is 29.1 Å². The van der Waals surface area contributed by atoms with Gasteiger partial charge in [0.05, 0.1) is 28.7 Å². The van der Waals surface area contributed by atoms with Gasteiger partial charge in [-0.2, -0.15) is 5.10 Å². The highest BCUT2D eigenvalue weighted by atomic mass is 32.1. The Hall–Kier alpha value is -2.83. The molecule has 27 heavy (non-hydrogen) atoms. The highest BCUT2D eigenvalue weighted by Gasteiger charge is 2.08. The molecule has 0 aliphatic rings. The summed E-state index contributed by atoms with van der Waals surface area (Å²) >= 11 is 3.27. The molecule has 0 atom stereocenters. The van der Waals surface area contributed by atoms with E-state index in [0.717, 1.165) is 33.0 Å². The van der Waals surface area contributed by atoms with Crippen molar-refractivity contribution in [3.8, 4) is 10.6 Å². The van der Waals surface area contributed by atoms with Crippen LogP contribution in [0.5, 0.6) is 0 Å². The number of aryl methyl sites for hydroxylation is 1. The van der Waals surface area contributed by atoms with Gasteiger partial charge in [0.1, 0.15) is 0 Å². The number of thiophene rings is 1. The minimum Gasteiger partial charge on any atom is -0.262 e. The Kier molecular flexibility index (Phi) is 5.37. The van der Waals surface area contributed by atoms with E-state index in [1.165, 1.54) is 5.56 Å². The molecule has 6 heteroatoms. The minimum atomic E-state index is 0.813. The molecule has 0 radical (unpaired) electrons. The van der Waals surface area contributed by atoms with E-state index in [4.69, 9.17) is 10.1 Å². The third kappa shape index (κ3) is 4.13. The third-order valence-electron chi connectivity index (χ3n) is 4.04. The molecule has 0 N–H and O–H groups in total. The number of thiazole rings is 1. The van der Waals surface area contributed by atoms with Gasteiger partial charge in [-0.25, -0.2) is 9.67 Å². The van der Waals surface area contributed by atoms with Gasteiger partial charge in [-0.05, 0) is 41.1 Å². The van der Waals surface area contributed by atoms with Crippen molar-refractivity contribution < 1.29 is 0 Å². The zero-order valence-corrected chi connectivity index (χ0v) is 16.5. The van der Waals surface area contributed by atoms with E-state index in [9.17, 15) is 0 Å². The van der Waals surface area contributed by atoms with Crippen molar-refractivity contribution in [1.29, 1.82) is 0 Å². The van der Waals surface area contributed by atoms with Crippen molar-refractivity contribution in [2.75, 3.05) is 0 Å². The molecule has 0 saturated carbocycles. The minimum absolute atomic E-state index is 0.813. The van der Waals surface area contributed by atoms with Crippen molar-refractivity contribution >= 4 is 34.6 Å². The Labute approximate surface area is 165 Å². The summed E-state index contributed by atoms with van der Waals surface area (Å²) in [6.45, 7) is 2.16. The Bertz CT molecular complexity index is 1090. The Balaban J connectivity index is 1.77. The lowest BCUT2D eigenvalue weighted by atomic mass is 10.1. The molecule has 4 aromatic rings. The Morgan fingerprint density at radius 2 is 1.96 bits per heavy atom. The molecule has 0 aliphatic carbocycles. The largest absolute Gasteiger partial charge is 0.262 e. The second-order valence-electron chi connectivity index (χ2n) is 5.86. The fourth-order valence-corrected chi connectivity index (χ4v) is 4.23. The van der Waals surface area contributed by atoms with E-state index in [-0.39, 0.29) is 0 Å². The quantitative estimate of drug-likeness (QED) is 0.424.